The van der Waals surface area contributed by atoms with Gasteiger partial charge in [-0.3, -0.25) is 0 Å². The monoisotopic (exact) mass is 317 g/mol. The molecule has 0 spiro atoms. The van der Waals surface area contributed by atoms with Crippen LogP contribution in [0, 0.1) is 5.41 Å². The van der Waals surface area contributed by atoms with E-state index in [-0.39, 0.29) is 10.2 Å². The van der Waals surface area contributed by atoms with E-state index in [9.17, 15) is 8.42 Å². The van der Waals surface area contributed by atoms with Gasteiger partial charge in [0.2, 0.25) is 15.3 Å². The summed E-state index contributed by atoms with van der Waals surface area (Å²) in [5, 5.41) is 0.0542. The molecule has 112 valence electrons. The van der Waals surface area contributed by atoms with Crippen molar-refractivity contribution in [3.05, 3.63) is 17.7 Å². The Balaban J connectivity index is 2.15. The van der Waals surface area contributed by atoms with Crippen LogP contribution in [0.4, 0.5) is 0 Å². The average molecular weight is 318 g/mol. The van der Waals surface area contributed by atoms with Gasteiger partial charge in [0, 0.05) is 13.1 Å². The lowest BCUT2D eigenvalue weighted by Gasteiger charge is -2.40. The molecule has 0 bridgehead atoms. The number of hydrogen-bond acceptors (Lipinski definition) is 4. The minimum Gasteiger partial charge on any atom is -0.225 e. The fourth-order valence-electron chi connectivity index (χ4n) is 2.74. The molecule has 0 aromatic carbocycles. The maximum atomic E-state index is 12.5. The lowest BCUT2D eigenvalue weighted by atomic mass is 9.75. The van der Waals surface area contributed by atoms with Gasteiger partial charge in [0.25, 0.3) is 0 Å². The van der Waals surface area contributed by atoms with Gasteiger partial charge in [-0.2, -0.15) is 4.31 Å². The topological polar surface area (TPSA) is 63.2 Å². The molecule has 0 atom stereocenters. The molecule has 0 aliphatic carbocycles. The Hall–Kier alpha value is -0.720. The standard InChI is InChI=1S/C13H20ClN3O2S/c1-3-13(4-2)5-7-17(8-6-13)20(18,19)11-9-15-12(14)16-10-11/h9-10H,3-8H2,1-2H3. The zero-order chi connectivity index (χ0) is 14.8. The molecule has 1 aromatic rings. The van der Waals surface area contributed by atoms with Crippen molar-refractivity contribution in [2.75, 3.05) is 13.1 Å². The molecule has 0 saturated carbocycles. The Kier molecular flexibility index (Phi) is 4.66. The second-order valence-corrected chi connectivity index (χ2v) is 7.57. The highest BCUT2D eigenvalue weighted by Crippen LogP contribution is 2.39. The molecular formula is C13H20ClN3O2S. The van der Waals surface area contributed by atoms with Crippen molar-refractivity contribution in [2.24, 2.45) is 5.41 Å². The second kappa shape index (κ2) is 5.95. The molecule has 1 aliphatic heterocycles. The number of nitrogens with zero attached hydrogens (tertiary/aromatic N) is 3. The SMILES string of the molecule is CCC1(CC)CCN(S(=O)(=O)c2cnc(Cl)nc2)CC1. The van der Waals surface area contributed by atoms with Crippen molar-refractivity contribution in [3.8, 4) is 0 Å². The predicted octanol–water partition coefficient (Wildman–Crippen LogP) is 2.72. The van der Waals surface area contributed by atoms with Gasteiger partial charge in [-0.1, -0.05) is 26.7 Å². The van der Waals surface area contributed by atoms with Gasteiger partial charge in [-0.25, -0.2) is 18.4 Å². The first-order chi connectivity index (χ1) is 9.43. The van der Waals surface area contributed by atoms with Crippen LogP contribution in [-0.2, 0) is 10.0 Å². The third kappa shape index (κ3) is 2.97. The maximum Gasteiger partial charge on any atom is 0.246 e. The minimum atomic E-state index is -3.50. The minimum absolute atomic E-state index is 0.0542. The molecule has 7 heteroatoms. The maximum absolute atomic E-state index is 12.5. The lowest BCUT2D eigenvalue weighted by molar-refractivity contribution is 0.141. The first-order valence-electron chi connectivity index (χ1n) is 6.91. The summed E-state index contributed by atoms with van der Waals surface area (Å²) in [6, 6.07) is 0. The molecule has 20 heavy (non-hydrogen) atoms. The summed E-state index contributed by atoms with van der Waals surface area (Å²) in [6.45, 7) is 5.49. The summed E-state index contributed by atoms with van der Waals surface area (Å²) in [4.78, 5) is 7.61. The van der Waals surface area contributed by atoms with Crippen LogP contribution in [-0.4, -0.2) is 35.8 Å². The summed E-state index contributed by atoms with van der Waals surface area (Å²) >= 11 is 5.59. The Bertz CT molecular complexity index is 545. The van der Waals surface area contributed by atoms with E-state index in [1.165, 1.54) is 16.7 Å². The summed E-state index contributed by atoms with van der Waals surface area (Å²) < 4.78 is 26.5. The molecule has 0 radical (unpaired) electrons. The molecule has 0 amide bonds. The van der Waals surface area contributed by atoms with Gasteiger partial charge < -0.3 is 0 Å². The zero-order valence-corrected chi connectivity index (χ0v) is 13.4. The number of rotatable bonds is 4. The van der Waals surface area contributed by atoms with Crippen LogP contribution in [0.15, 0.2) is 17.3 Å². The highest BCUT2D eigenvalue weighted by Gasteiger charge is 2.36. The molecule has 1 aromatic heterocycles. The normalized spacial score (nSPS) is 19.9. The highest BCUT2D eigenvalue weighted by atomic mass is 35.5. The van der Waals surface area contributed by atoms with E-state index in [1.54, 1.807) is 0 Å². The number of aromatic nitrogens is 2. The average Bonchev–Trinajstić information content (AvgIpc) is 2.47. The van der Waals surface area contributed by atoms with Crippen molar-refractivity contribution >= 4 is 21.6 Å². The Morgan fingerprint density at radius 3 is 2.15 bits per heavy atom. The Morgan fingerprint density at radius 1 is 1.20 bits per heavy atom. The molecule has 0 N–H and O–H groups in total. The third-order valence-corrected chi connectivity index (χ3v) is 6.56. The highest BCUT2D eigenvalue weighted by molar-refractivity contribution is 7.89. The second-order valence-electron chi connectivity index (χ2n) is 5.30. The summed E-state index contributed by atoms with van der Waals surface area (Å²) in [7, 11) is -3.50. The van der Waals surface area contributed by atoms with Crippen LogP contribution in [0.2, 0.25) is 5.28 Å². The first kappa shape index (κ1) is 15.7. The van der Waals surface area contributed by atoms with Crippen molar-refractivity contribution in [3.63, 3.8) is 0 Å². The summed E-state index contributed by atoms with van der Waals surface area (Å²) in [5.41, 5.74) is 0.294. The molecule has 1 aliphatic rings. The fourth-order valence-corrected chi connectivity index (χ4v) is 4.17. The molecule has 2 rings (SSSR count). The van der Waals surface area contributed by atoms with Gasteiger partial charge in [0.05, 0.1) is 12.4 Å². The molecule has 1 saturated heterocycles. The van der Waals surface area contributed by atoms with Gasteiger partial charge in [0.1, 0.15) is 4.90 Å². The van der Waals surface area contributed by atoms with Gasteiger partial charge in [0.15, 0.2) is 0 Å². The quantitative estimate of drug-likeness (QED) is 0.801. The molecule has 5 nitrogen and oxygen atoms in total. The predicted molar refractivity (Wildman–Crippen MR) is 78.0 cm³/mol. The van der Waals surface area contributed by atoms with Crippen molar-refractivity contribution < 1.29 is 8.42 Å². The van der Waals surface area contributed by atoms with E-state index in [1.807, 2.05) is 0 Å². The van der Waals surface area contributed by atoms with Crippen molar-refractivity contribution in [1.29, 1.82) is 0 Å². The Labute approximate surface area is 125 Å². The summed E-state index contributed by atoms with van der Waals surface area (Å²) in [6.07, 6.45) is 6.56. The van der Waals surface area contributed by atoms with Crippen LogP contribution in [0.25, 0.3) is 0 Å². The fraction of sp³-hybridized carbons (Fsp3) is 0.692. The third-order valence-electron chi connectivity index (χ3n) is 4.52. The Morgan fingerprint density at radius 2 is 1.70 bits per heavy atom. The van der Waals surface area contributed by atoms with Crippen LogP contribution in [0.3, 0.4) is 0 Å². The molecule has 2 heterocycles. The van der Waals surface area contributed by atoms with Crippen LogP contribution in [0.1, 0.15) is 39.5 Å². The van der Waals surface area contributed by atoms with E-state index >= 15 is 0 Å². The van der Waals surface area contributed by atoms with E-state index in [2.05, 4.69) is 23.8 Å². The van der Waals surface area contributed by atoms with Crippen molar-refractivity contribution in [2.45, 2.75) is 44.4 Å². The largest absolute Gasteiger partial charge is 0.246 e. The zero-order valence-electron chi connectivity index (χ0n) is 11.8. The molecular weight excluding hydrogens is 298 g/mol. The molecule has 1 fully saturated rings. The van der Waals surface area contributed by atoms with E-state index < -0.39 is 10.0 Å². The lowest BCUT2D eigenvalue weighted by Crippen LogP contribution is -2.42. The smallest absolute Gasteiger partial charge is 0.225 e. The van der Waals surface area contributed by atoms with E-state index in [4.69, 9.17) is 11.6 Å². The van der Waals surface area contributed by atoms with Gasteiger partial charge in [-0.05, 0) is 29.9 Å². The van der Waals surface area contributed by atoms with Gasteiger partial charge in [-0.15, -0.1) is 0 Å². The van der Waals surface area contributed by atoms with Crippen LogP contribution >= 0.6 is 11.6 Å². The van der Waals surface area contributed by atoms with Crippen molar-refractivity contribution in [1.82, 2.24) is 14.3 Å². The number of sulfonamides is 1. The van der Waals surface area contributed by atoms with Gasteiger partial charge >= 0.3 is 0 Å². The summed E-state index contributed by atoms with van der Waals surface area (Å²) in [5.74, 6) is 0. The first-order valence-corrected chi connectivity index (χ1v) is 8.73. The van der Waals surface area contributed by atoms with Crippen LogP contribution < -0.4 is 0 Å². The number of halogens is 1. The number of hydrogen-bond donors (Lipinski definition) is 0. The molecule has 0 unspecified atom stereocenters. The van der Waals surface area contributed by atoms with E-state index in [0.717, 1.165) is 25.7 Å². The van der Waals surface area contributed by atoms with E-state index in [0.29, 0.717) is 18.5 Å². The number of piperidine rings is 1. The van der Waals surface area contributed by atoms with Crippen LogP contribution in [0.5, 0.6) is 0 Å².